The highest BCUT2D eigenvalue weighted by Crippen LogP contribution is 2.04. The third-order valence-electron chi connectivity index (χ3n) is 1.14. The Hall–Kier alpha value is -1.23. The molecule has 0 unspecified atom stereocenters. The van der Waals surface area contributed by atoms with Crippen LogP contribution in [0, 0.1) is 0 Å². The molecule has 0 atom stereocenters. The summed E-state index contributed by atoms with van der Waals surface area (Å²) in [5.41, 5.74) is 0. The van der Waals surface area contributed by atoms with Crippen molar-refractivity contribution in [2.45, 2.75) is 13.8 Å². The molecule has 0 aromatic rings. The van der Waals surface area contributed by atoms with E-state index in [9.17, 15) is 9.59 Å². The van der Waals surface area contributed by atoms with E-state index in [-0.39, 0.29) is 0 Å². The second kappa shape index (κ2) is 9.33. The minimum absolute atomic E-state index is 0.354. The summed E-state index contributed by atoms with van der Waals surface area (Å²) >= 11 is 1.20. The third kappa shape index (κ3) is 9.08. The molecule has 0 heterocycles. The molecule has 0 amide bonds. The van der Waals surface area contributed by atoms with E-state index in [0.29, 0.717) is 13.2 Å². The maximum absolute atomic E-state index is 10.8. The second-order valence-electron chi connectivity index (χ2n) is 2.25. The summed E-state index contributed by atoms with van der Waals surface area (Å²) in [4.78, 5) is 21.6. The molecule has 0 aliphatic carbocycles. The van der Waals surface area contributed by atoms with Crippen molar-refractivity contribution < 1.29 is 19.1 Å². The lowest BCUT2D eigenvalue weighted by molar-refractivity contribution is -0.138. The van der Waals surface area contributed by atoms with Gasteiger partial charge in [-0.3, -0.25) is 0 Å². The van der Waals surface area contributed by atoms with Crippen molar-refractivity contribution in [1.29, 1.82) is 0 Å². The van der Waals surface area contributed by atoms with Crippen LogP contribution in [-0.4, -0.2) is 25.2 Å². The third-order valence-corrected chi connectivity index (χ3v) is 1.73. The number of hydrogen-bond donors (Lipinski definition) is 0. The van der Waals surface area contributed by atoms with Gasteiger partial charge in [0, 0.05) is 12.2 Å². The van der Waals surface area contributed by atoms with E-state index in [4.69, 9.17) is 0 Å². The first-order valence-corrected chi connectivity index (χ1v) is 5.47. The molecule has 0 spiro atoms. The number of thioether (sulfide) groups is 1. The number of carbonyl (C=O) groups is 2. The van der Waals surface area contributed by atoms with Crippen LogP contribution in [-0.2, 0) is 19.1 Å². The van der Waals surface area contributed by atoms with Gasteiger partial charge in [-0.2, -0.15) is 0 Å². The Kier molecular flexibility index (Phi) is 8.56. The number of carbonyl (C=O) groups excluding carboxylic acids is 2. The molecule has 4 nitrogen and oxygen atoms in total. The van der Waals surface area contributed by atoms with Crippen molar-refractivity contribution in [3.63, 3.8) is 0 Å². The Balaban J connectivity index is 3.68. The standard InChI is InChI=1S/C10H14O4S/c1-3-13-9(11)5-7-15-8-6-10(12)14-4-2/h5-8H,3-4H2,1-2H3. The number of hydrogen-bond acceptors (Lipinski definition) is 5. The van der Waals surface area contributed by atoms with Crippen LogP contribution >= 0.6 is 11.8 Å². The summed E-state index contributed by atoms with van der Waals surface area (Å²) in [5.74, 6) is -0.788. The molecule has 0 aliphatic heterocycles. The topological polar surface area (TPSA) is 52.6 Å². The Morgan fingerprint density at radius 3 is 1.73 bits per heavy atom. The summed E-state index contributed by atoms with van der Waals surface area (Å²) < 4.78 is 9.31. The summed E-state index contributed by atoms with van der Waals surface area (Å²) in [6.07, 6.45) is 2.59. The predicted molar refractivity (Wildman–Crippen MR) is 59.1 cm³/mol. The fourth-order valence-electron chi connectivity index (χ4n) is 0.616. The SMILES string of the molecule is CCOC(=O)C=CSC=CC(=O)OCC. The highest BCUT2D eigenvalue weighted by atomic mass is 32.2. The van der Waals surface area contributed by atoms with Crippen LogP contribution in [0.4, 0.5) is 0 Å². The number of rotatable bonds is 6. The molecule has 15 heavy (non-hydrogen) atoms. The average Bonchev–Trinajstić information content (AvgIpc) is 2.18. The van der Waals surface area contributed by atoms with E-state index in [1.54, 1.807) is 13.8 Å². The molecule has 0 aliphatic rings. The lowest BCUT2D eigenvalue weighted by Gasteiger charge is -1.94. The van der Waals surface area contributed by atoms with Crippen molar-refractivity contribution in [2.75, 3.05) is 13.2 Å². The normalized spacial score (nSPS) is 10.8. The van der Waals surface area contributed by atoms with Crippen LogP contribution < -0.4 is 0 Å². The quantitative estimate of drug-likeness (QED) is 0.515. The van der Waals surface area contributed by atoms with Crippen molar-refractivity contribution in [1.82, 2.24) is 0 Å². The monoisotopic (exact) mass is 230 g/mol. The molecule has 0 rings (SSSR count). The first-order chi connectivity index (χ1) is 7.20. The summed E-state index contributed by atoms with van der Waals surface area (Å²) in [6, 6.07) is 0. The van der Waals surface area contributed by atoms with E-state index in [1.165, 1.54) is 34.7 Å². The Bertz CT molecular complexity index is 232. The molecule has 84 valence electrons. The first kappa shape index (κ1) is 13.8. The highest BCUT2D eigenvalue weighted by molar-refractivity contribution is 8.04. The van der Waals surface area contributed by atoms with Crippen LogP contribution in [0.15, 0.2) is 23.0 Å². The van der Waals surface area contributed by atoms with Crippen LogP contribution in [0.25, 0.3) is 0 Å². The van der Waals surface area contributed by atoms with Crippen molar-refractivity contribution in [3.8, 4) is 0 Å². The smallest absolute Gasteiger partial charge is 0.331 e. The molecule has 0 bridgehead atoms. The fourth-order valence-corrected chi connectivity index (χ4v) is 1.09. The van der Waals surface area contributed by atoms with Gasteiger partial charge in [-0.05, 0) is 24.7 Å². The maximum atomic E-state index is 10.8. The van der Waals surface area contributed by atoms with E-state index >= 15 is 0 Å². The average molecular weight is 230 g/mol. The van der Waals surface area contributed by atoms with Crippen molar-refractivity contribution in [2.24, 2.45) is 0 Å². The number of esters is 2. The van der Waals surface area contributed by atoms with Crippen LogP contribution in [0.2, 0.25) is 0 Å². The molecular formula is C10H14O4S. The van der Waals surface area contributed by atoms with Gasteiger partial charge >= 0.3 is 11.9 Å². The van der Waals surface area contributed by atoms with Gasteiger partial charge in [-0.1, -0.05) is 0 Å². The molecule has 0 saturated carbocycles. The van der Waals surface area contributed by atoms with E-state index < -0.39 is 11.9 Å². The molecule has 0 fully saturated rings. The Morgan fingerprint density at radius 2 is 1.40 bits per heavy atom. The van der Waals surface area contributed by atoms with Gasteiger partial charge < -0.3 is 9.47 Å². The predicted octanol–water partition coefficient (Wildman–Crippen LogP) is 1.87. The minimum Gasteiger partial charge on any atom is -0.463 e. The molecule has 5 heteroatoms. The van der Waals surface area contributed by atoms with Gasteiger partial charge in [-0.15, -0.1) is 11.8 Å². The van der Waals surface area contributed by atoms with Gasteiger partial charge in [0.15, 0.2) is 0 Å². The zero-order chi connectivity index (χ0) is 11.5. The zero-order valence-corrected chi connectivity index (χ0v) is 9.58. The maximum Gasteiger partial charge on any atom is 0.331 e. The van der Waals surface area contributed by atoms with Crippen molar-refractivity contribution in [3.05, 3.63) is 23.0 Å². The molecule has 0 radical (unpaired) electrons. The van der Waals surface area contributed by atoms with Gasteiger partial charge in [-0.25, -0.2) is 9.59 Å². The summed E-state index contributed by atoms with van der Waals surface area (Å²) in [7, 11) is 0. The van der Waals surface area contributed by atoms with Gasteiger partial charge in [0.25, 0.3) is 0 Å². The van der Waals surface area contributed by atoms with E-state index in [1.807, 2.05) is 0 Å². The summed E-state index contributed by atoms with van der Waals surface area (Å²) in [6.45, 7) is 4.18. The van der Waals surface area contributed by atoms with Crippen LogP contribution in [0.5, 0.6) is 0 Å². The lowest BCUT2D eigenvalue weighted by atomic mass is 10.6. The van der Waals surface area contributed by atoms with Crippen LogP contribution in [0.1, 0.15) is 13.8 Å². The van der Waals surface area contributed by atoms with E-state index in [0.717, 1.165) is 0 Å². The zero-order valence-electron chi connectivity index (χ0n) is 8.76. The molecule has 0 N–H and O–H groups in total. The van der Waals surface area contributed by atoms with Gasteiger partial charge in [0.05, 0.1) is 13.2 Å². The lowest BCUT2D eigenvalue weighted by Crippen LogP contribution is -1.98. The summed E-state index contributed by atoms with van der Waals surface area (Å²) in [5, 5.41) is 3.07. The molecule has 0 saturated heterocycles. The van der Waals surface area contributed by atoms with Crippen molar-refractivity contribution >= 4 is 23.7 Å². The molecular weight excluding hydrogens is 216 g/mol. The van der Waals surface area contributed by atoms with E-state index in [2.05, 4.69) is 9.47 Å². The van der Waals surface area contributed by atoms with Crippen LogP contribution in [0.3, 0.4) is 0 Å². The molecule has 0 aromatic carbocycles. The number of ether oxygens (including phenoxy) is 2. The second-order valence-corrected chi connectivity index (χ2v) is 3.06. The Morgan fingerprint density at radius 1 is 1.00 bits per heavy atom. The Labute approximate surface area is 93.3 Å². The first-order valence-electron chi connectivity index (χ1n) is 4.52. The van der Waals surface area contributed by atoms with Gasteiger partial charge in [0.1, 0.15) is 0 Å². The highest BCUT2D eigenvalue weighted by Gasteiger charge is 1.93. The fraction of sp³-hybridized carbons (Fsp3) is 0.400. The largest absolute Gasteiger partial charge is 0.463 e. The molecule has 0 aromatic heterocycles. The minimum atomic E-state index is -0.394. The van der Waals surface area contributed by atoms with Gasteiger partial charge in [0.2, 0.25) is 0 Å².